The summed E-state index contributed by atoms with van der Waals surface area (Å²) in [6.07, 6.45) is 1.95. The SMILES string of the molecule is CCN(CC)CCCCNC(=O)N(CCS(=O)(=O)c1ccccc1)C(C)C. The summed E-state index contributed by atoms with van der Waals surface area (Å²) in [5, 5.41) is 2.92. The van der Waals surface area contributed by atoms with Crippen LogP contribution in [0, 0.1) is 0 Å². The maximum atomic E-state index is 12.5. The Labute approximate surface area is 164 Å². The lowest BCUT2D eigenvalue weighted by Gasteiger charge is -2.27. The summed E-state index contributed by atoms with van der Waals surface area (Å²) in [5.74, 6) is -0.0788. The molecule has 0 atom stereocenters. The van der Waals surface area contributed by atoms with E-state index in [2.05, 4.69) is 24.1 Å². The predicted molar refractivity (Wildman–Crippen MR) is 111 cm³/mol. The van der Waals surface area contributed by atoms with Gasteiger partial charge in [0.25, 0.3) is 0 Å². The molecule has 0 unspecified atom stereocenters. The molecular formula is C20H35N3O3S. The molecule has 0 saturated heterocycles. The molecule has 0 aliphatic heterocycles. The van der Waals surface area contributed by atoms with Gasteiger partial charge in [0.1, 0.15) is 0 Å². The quantitative estimate of drug-likeness (QED) is 0.551. The van der Waals surface area contributed by atoms with E-state index in [0.717, 1.165) is 32.5 Å². The van der Waals surface area contributed by atoms with Gasteiger partial charge in [-0.15, -0.1) is 0 Å². The fraction of sp³-hybridized carbons (Fsp3) is 0.650. The molecule has 0 bridgehead atoms. The van der Waals surface area contributed by atoms with Gasteiger partial charge < -0.3 is 15.1 Å². The minimum absolute atomic E-state index is 0.0633. The highest BCUT2D eigenvalue weighted by Gasteiger charge is 2.21. The summed E-state index contributed by atoms with van der Waals surface area (Å²) < 4.78 is 24.9. The van der Waals surface area contributed by atoms with Crippen LogP contribution in [0.25, 0.3) is 0 Å². The van der Waals surface area contributed by atoms with Crippen LogP contribution in [0.15, 0.2) is 35.2 Å². The number of carbonyl (C=O) groups is 1. The van der Waals surface area contributed by atoms with Gasteiger partial charge >= 0.3 is 6.03 Å². The zero-order chi connectivity index (χ0) is 20.3. The Kier molecular flexibility index (Phi) is 10.4. The molecule has 1 aromatic carbocycles. The van der Waals surface area contributed by atoms with Crippen molar-refractivity contribution in [2.45, 2.75) is 51.5 Å². The molecule has 0 heterocycles. The van der Waals surface area contributed by atoms with Gasteiger partial charge in [-0.3, -0.25) is 0 Å². The maximum Gasteiger partial charge on any atom is 0.317 e. The lowest BCUT2D eigenvalue weighted by Crippen LogP contribution is -2.46. The van der Waals surface area contributed by atoms with Gasteiger partial charge in [-0.25, -0.2) is 13.2 Å². The van der Waals surface area contributed by atoms with Crippen molar-refractivity contribution in [2.75, 3.05) is 38.5 Å². The van der Waals surface area contributed by atoms with Crippen molar-refractivity contribution in [1.29, 1.82) is 0 Å². The Morgan fingerprint density at radius 1 is 1.04 bits per heavy atom. The van der Waals surface area contributed by atoms with E-state index in [1.807, 2.05) is 13.8 Å². The van der Waals surface area contributed by atoms with Gasteiger partial charge in [0.05, 0.1) is 10.6 Å². The van der Waals surface area contributed by atoms with Gasteiger partial charge in [0.15, 0.2) is 9.84 Å². The molecule has 0 saturated carbocycles. The van der Waals surface area contributed by atoms with Crippen LogP contribution < -0.4 is 5.32 Å². The number of carbonyl (C=O) groups excluding carboxylic acids is 1. The van der Waals surface area contributed by atoms with Gasteiger partial charge in [-0.05, 0) is 58.5 Å². The Balaban J connectivity index is 2.47. The Hall–Kier alpha value is -1.60. The van der Waals surface area contributed by atoms with E-state index in [1.165, 1.54) is 0 Å². The van der Waals surface area contributed by atoms with Gasteiger partial charge in [-0.2, -0.15) is 0 Å². The number of hydrogen-bond acceptors (Lipinski definition) is 4. The summed E-state index contributed by atoms with van der Waals surface area (Å²) in [5.41, 5.74) is 0. The number of rotatable bonds is 12. The number of amides is 2. The van der Waals surface area contributed by atoms with E-state index >= 15 is 0 Å². The fourth-order valence-electron chi connectivity index (χ4n) is 2.86. The topological polar surface area (TPSA) is 69.7 Å². The summed E-state index contributed by atoms with van der Waals surface area (Å²) in [4.78, 5) is 16.7. The number of nitrogens with one attached hydrogen (secondary N) is 1. The molecule has 0 aromatic heterocycles. The number of benzene rings is 1. The summed E-state index contributed by atoms with van der Waals surface area (Å²) in [7, 11) is -3.39. The molecule has 0 fully saturated rings. The first-order valence-electron chi connectivity index (χ1n) is 9.86. The zero-order valence-electron chi connectivity index (χ0n) is 17.1. The first kappa shape index (κ1) is 23.4. The number of sulfone groups is 1. The van der Waals surface area contributed by atoms with Crippen molar-refractivity contribution >= 4 is 15.9 Å². The molecule has 7 heteroatoms. The predicted octanol–water partition coefficient (Wildman–Crippen LogP) is 3.00. The molecule has 1 aromatic rings. The summed E-state index contributed by atoms with van der Waals surface area (Å²) in [6, 6.07) is 8.11. The third-order valence-corrected chi connectivity index (χ3v) is 6.37. The van der Waals surface area contributed by atoms with E-state index < -0.39 is 9.84 Å². The highest BCUT2D eigenvalue weighted by molar-refractivity contribution is 7.91. The second-order valence-corrected chi connectivity index (χ2v) is 8.99. The first-order valence-corrected chi connectivity index (χ1v) is 11.5. The van der Waals surface area contributed by atoms with Gasteiger partial charge in [-0.1, -0.05) is 32.0 Å². The van der Waals surface area contributed by atoms with E-state index in [0.29, 0.717) is 11.4 Å². The standard InChI is InChI=1S/C20H35N3O3S/c1-5-22(6-2)15-11-10-14-21-20(24)23(18(3)4)16-17-27(25,26)19-12-8-7-9-13-19/h7-9,12-13,18H,5-6,10-11,14-17H2,1-4H3,(H,21,24). The molecule has 2 amide bonds. The van der Waals surface area contributed by atoms with E-state index in [1.54, 1.807) is 35.2 Å². The lowest BCUT2D eigenvalue weighted by molar-refractivity contribution is 0.187. The first-order chi connectivity index (χ1) is 12.8. The highest BCUT2D eigenvalue weighted by atomic mass is 32.2. The normalized spacial score (nSPS) is 11.8. The number of unbranched alkanes of at least 4 members (excludes halogenated alkanes) is 1. The molecule has 6 nitrogen and oxygen atoms in total. The smallest absolute Gasteiger partial charge is 0.317 e. The van der Waals surface area contributed by atoms with Crippen molar-refractivity contribution in [3.8, 4) is 0 Å². The monoisotopic (exact) mass is 397 g/mol. The number of urea groups is 1. The molecule has 0 aliphatic carbocycles. The Bertz CT molecular complexity index is 644. The molecule has 1 N–H and O–H groups in total. The van der Waals surface area contributed by atoms with Crippen LogP contribution in [0.5, 0.6) is 0 Å². The average molecular weight is 398 g/mol. The zero-order valence-corrected chi connectivity index (χ0v) is 18.0. The maximum absolute atomic E-state index is 12.5. The van der Waals surface area contributed by atoms with Crippen LogP contribution in [0.3, 0.4) is 0 Å². The van der Waals surface area contributed by atoms with Crippen molar-refractivity contribution in [3.05, 3.63) is 30.3 Å². The van der Waals surface area contributed by atoms with Crippen LogP contribution in [0.2, 0.25) is 0 Å². The average Bonchev–Trinajstić information content (AvgIpc) is 2.65. The van der Waals surface area contributed by atoms with E-state index in [-0.39, 0.29) is 24.4 Å². The molecule has 0 spiro atoms. The second-order valence-electron chi connectivity index (χ2n) is 6.88. The highest BCUT2D eigenvalue weighted by Crippen LogP contribution is 2.11. The molecule has 1 rings (SSSR count). The van der Waals surface area contributed by atoms with Crippen molar-refractivity contribution < 1.29 is 13.2 Å². The van der Waals surface area contributed by atoms with Crippen LogP contribution in [0.4, 0.5) is 4.79 Å². The van der Waals surface area contributed by atoms with Crippen LogP contribution in [0.1, 0.15) is 40.5 Å². The number of hydrogen-bond donors (Lipinski definition) is 1. The Morgan fingerprint density at radius 2 is 1.67 bits per heavy atom. The van der Waals surface area contributed by atoms with Crippen molar-refractivity contribution in [1.82, 2.24) is 15.1 Å². The minimum atomic E-state index is -3.39. The summed E-state index contributed by atoms with van der Waals surface area (Å²) >= 11 is 0. The lowest BCUT2D eigenvalue weighted by atomic mass is 10.3. The fourth-order valence-corrected chi connectivity index (χ4v) is 4.10. The number of nitrogens with zero attached hydrogens (tertiary/aromatic N) is 2. The third-order valence-electron chi connectivity index (χ3n) is 4.66. The Morgan fingerprint density at radius 3 is 2.22 bits per heavy atom. The van der Waals surface area contributed by atoms with Gasteiger partial charge in [0.2, 0.25) is 0 Å². The van der Waals surface area contributed by atoms with Crippen LogP contribution >= 0.6 is 0 Å². The minimum Gasteiger partial charge on any atom is -0.338 e. The second kappa shape index (κ2) is 12.0. The largest absolute Gasteiger partial charge is 0.338 e. The van der Waals surface area contributed by atoms with E-state index in [9.17, 15) is 13.2 Å². The van der Waals surface area contributed by atoms with E-state index in [4.69, 9.17) is 0 Å². The molecule has 27 heavy (non-hydrogen) atoms. The van der Waals surface area contributed by atoms with Crippen molar-refractivity contribution in [2.24, 2.45) is 0 Å². The van der Waals surface area contributed by atoms with Crippen LogP contribution in [-0.2, 0) is 9.84 Å². The third kappa shape index (κ3) is 8.30. The molecule has 0 radical (unpaired) electrons. The van der Waals surface area contributed by atoms with Crippen LogP contribution in [-0.4, -0.2) is 68.8 Å². The summed E-state index contributed by atoms with van der Waals surface area (Å²) in [6.45, 7) is 12.0. The molecular weight excluding hydrogens is 362 g/mol. The van der Waals surface area contributed by atoms with Crippen molar-refractivity contribution in [3.63, 3.8) is 0 Å². The molecule has 0 aliphatic rings. The van der Waals surface area contributed by atoms with Gasteiger partial charge in [0, 0.05) is 19.1 Å². The molecule has 154 valence electrons.